The van der Waals surface area contributed by atoms with Crippen molar-refractivity contribution in [2.45, 2.75) is 6.61 Å². The van der Waals surface area contributed by atoms with E-state index in [2.05, 4.69) is 15.9 Å². The maximum absolute atomic E-state index is 12.5. The quantitative estimate of drug-likeness (QED) is 0.200. The van der Waals surface area contributed by atoms with Gasteiger partial charge < -0.3 is 9.47 Å². The first kappa shape index (κ1) is 21.2. The molecule has 0 bridgehead atoms. The van der Waals surface area contributed by atoms with Crippen LogP contribution < -0.4 is 4.74 Å². The summed E-state index contributed by atoms with van der Waals surface area (Å²) in [4.78, 5) is 34.9. The van der Waals surface area contributed by atoms with Crippen molar-refractivity contribution in [1.29, 1.82) is 0 Å². The lowest BCUT2D eigenvalue weighted by Gasteiger charge is -2.12. The molecule has 0 fully saturated rings. The Balaban J connectivity index is 1.66. The highest BCUT2D eigenvalue weighted by atomic mass is 79.9. The Kier molecular flexibility index (Phi) is 6.92. The molecule has 0 N–H and O–H groups in total. The summed E-state index contributed by atoms with van der Waals surface area (Å²) in [5.74, 6) is -0.857. The van der Waals surface area contributed by atoms with Crippen molar-refractivity contribution in [3.05, 3.63) is 104 Å². The molecular weight excluding hydrogens is 454 g/mol. The van der Waals surface area contributed by atoms with E-state index < -0.39 is 23.3 Å². The molecule has 0 spiro atoms. The first-order valence-corrected chi connectivity index (χ1v) is 9.64. The van der Waals surface area contributed by atoms with E-state index in [0.717, 1.165) is 5.56 Å². The van der Waals surface area contributed by atoms with Gasteiger partial charge in [0.1, 0.15) is 17.9 Å². The minimum atomic E-state index is -0.713. The number of esters is 1. The molecule has 152 valence electrons. The fourth-order valence-corrected chi connectivity index (χ4v) is 2.95. The summed E-state index contributed by atoms with van der Waals surface area (Å²) < 4.78 is 11.6. The van der Waals surface area contributed by atoms with Crippen LogP contribution in [0.15, 0.2) is 77.3 Å². The van der Waals surface area contributed by atoms with Crippen LogP contribution in [-0.4, -0.2) is 23.3 Å². The molecule has 0 amide bonds. The molecule has 0 atom stereocenters. The topological polar surface area (TPSA) is 95.7 Å². The molecule has 0 saturated carbocycles. The van der Waals surface area contributed by atoms with Crippen LogP contribution in [0.5, 0.6) is 5.75 Å². The van der Waals surface area contributed by atoms with Gasteiger partial charge in [-0.3, -0.25) is 14.9 Å². The van der Waals surface area contributed by atoms with Gasteiger partial charge in [-0.1, -0.05) is 46.3 Å². The predicted molar refractivity (Wildman–Crippen MR) is 113 cm³/mol. The van der Waals surface area contributed by atoms with Crippen LogP contribution in [0.4, 0.5) is 5.69 Å². The van der Waals surface area contributed by atoms with Crippen LogP contribution in [0.3, 0.4) is 0 Å². The first-order valence-electron chi connectivity index (χ1n) is 8.85. The lowest BCUT2D eigenvalue weighted by atomic mass is 10.1. The normalized spacial score (nSPS) is 10.3. The van der Waals surface area contributed by atoms with Crippen LogP contribution in [0.2, 0.25) is 0 Å². The third-order valence-electron chi connectivity index (χ3n) is 4.13. The van der Waals surface area contributed by atoms with E-state index in [1.165, 1.54) is 24.3 Å². The third kappa shape index (κ3) is 5.51. The van der Waals surface area contributed by atoms with E-state index in [1.54, 1.807) is 18.2 Å². The molecule has 3 aromatic rings. The number of nitrogens with zero attached hydrogens (tertiary/aromatic N) is 1. The lowest BCUT2D eigenvalue weighted by molar-refractivity contribution is -0.384. The number of hydrogen-bond acceptors (Lipinski definition) is 6. The van der Waals surface area contributed by atoms with E-state index >= 15 is 0 Å². The monoisotopic (exact) mass is 469 g/mol. The number of ether oxygens (including phenoxy) is 2. The zero-order chi connectivity index (χ0) is 21.5. The highest BCUT2D eigenvalue weighted by Gasteiger charge is 2.18. The maximum Gasteiger partial charge on any atom is 0.342 e. The second-order valence-corrected chi connectivity index (χ2v) is 7.13. The van der Waals surface area contributed by atoms with Crippen LogP contribution in [0.25, 0.3) is 0 Å². The van der Waals surface area contributed by atoms with E-state index in [1.807, 2.05) is 30.3 Å². The Morgan fingerprint density at radius 3 is 2.33 bits per heavy atom. The van der Waals surface area contributed by atoms with Crippen molar-refractivity contribution in [2.75, 3.05) is 6.61 Å². The molecule has 0 unspecified atom stereocenters. The van der Waals surface area contributed by atoms with Gasteiger partial charge in [-0.2, -0.15) is 0 Å². The van der Waals surface area contributed by atoms with Gasteiger partial charge in [-0.15, -0.1) is 0 Å². The number of non-ortho nitro benzene ring substituents is 1. The summed E-state index contributed by atoms with van der Waals surface area (Å²) in [6.45, 7) is -0.230. The van der Waals surface area contributed by atoms with Gasteiger partial charge in [-0.25, -0.2) is 4.79 Å². The molecule has 30 heavy (non-hydrogen) atoms. The van der Waals surface area contributed by atoms with Crippen molar-refractivity contribution in [1.82, 2.24) is 0 Å². The summed E-state index contributed by atoms with van der Waals surface area (Å²) in [5.41, 5.74) is 1.20. The number of Topliss-reactive ketones (excluding diaryl/α,β-unsaturated/α-hetero) is 1. The van der Waals surface area contributed by atoms with Gasteiger partial charge in [0.25, 0.3) is 5.69 Å². The van der Waals surface area contributed by atoms with Crippen LogP contribution in [0.1, 0.15) is 26.3 Å². The first-order chi connectivity index (χ1) is 14.4. The van der Waals surface area contributed by atoms with Crippen molar-refractivity contribution in [3.63, 3.8) is 0 Å². The van der Waals surface area contributed by atoms with Crippen molar-refractivity contribution in [2.24, 2.45) is 0 Å². The van der Waals surface area contributed by atoms with Gasteiger partial charge in [0, 0.05) is 22.2 Å². The van der Waals surface area contributed by atoms with Crippen LogP contribution in [-0.2, 0) is 11.3 Å². The number of nitro benzene ring substituents is 1. The van der Waals surface area contributed by atoms with Crippen molar-refractivity contribution >= 4 is 33.4 Å². The number of carbonyl (C=O) groups excluding carboxylic acids is 2. The minimum Gasteiger partial charge on any atom is -0.488 e. The zero-order valence-electron chi connectivity index (χ0n) is 15.6. The number of carbonyl (C=O) groups is 2. The second-order valence-electron chi connectivity index (χ2n) is 6.22. The molecule has 0 heterocycles. The van der Waals surface area contributed by atoms with Gasteiger partial charge in [0.05, 0.1) is 4.92 Å². The summed E-state index contributed by atoms with van der Waals surface area (Å²) >= 11 is 3.31. The van der Waals surface area contributed by atoms with E-state index in [-0.39, 0.29) is 23.4 Å². The van der Waals surface area contributed by atoms with E-state index in [0.29, 0.717) is 10.2 Å². The van der Waals surface area contributed by atoms with E-state index in [4.69, 9.17) is 9.47 Å². The van der Waals surface area contributed by atoms with Gasteiger partial charge in [0.2, 0.25) is 0 Å². The fourth-order valence-electron chi connectivity index (χ4n) is 2.58. The number of halogens is 1. The summed E-state index contributed by atoms with van der Waals surface area (Å²) in [5, 5.41) is 10.7. The highest BCUT2D eigenvalue weighted by molar-refractivity contribution is 9.10. The number of rotatable bonds is 8. The fraction of sp³-hybridized carbons (Fsp3) is 0.0909. The summed E-state index contributed by atoms with van der Waals surface area (Å²) in [7, 11) is 0. The molecule has 0 radical (unpaired) electrons. The maximum atomic E-state index is 12.5. The molecule has 0 aliphatic carbocycles. The lowest BCUT2D eigenvalue weighted by Crippen LogP contribution is -2.15. The molecule has 0 aliphatic heterocycles. The standard InChI is InChI=1S/C22H16BrNO6/c23-17-8-11-21(29-13-15-4-2-1-3-5-15)19(12-17)22(26)30-14-20(25)16-6-9-18(10-7-16)24(27)28/h1-12H,13-14H2. The molecule has 7 nitrogen and oxygen atoms in total. The smallest absolute Gasteiger partial charge is 0.342 e. The molecule has 3 rings (SSSR count). The van der Waals surface area contributed by atoms with Crippen LogP contribution >= 0.6 is 15.9 Å². The van der Waals surface area contributed by atoms with Crippen molar-refractivity contribution < 1.29 is 24.0 Å². The van der Waals surface area contributed by atoms with Crippen LogP contribution in [0, 0.1) is 10.1 Å². The van der Waals surface area contributed by atoms with Gasteiger partial charge >= 0.3 is 5.97 Å². The predicted octanol–water partition coefficient (Wildman–Crippen LogP) is 4.98. The summed E-state index contributed by atoms with van der Waals surface area (Å²) in [6.07, 6.45) is 0. The highest BCUT2D eigenvalue weighted by Crippen LogP contribution is 2.25. The summed E-state index contributed by atoms with van der Waals surface area (Å²) in [6, 6.07) is 19.5. The third-order valence-corrected chi connectivity index (χ3v) is 4.63. The largest absolute Gasteiger partial charge is 0.488 e. The Hall–Kier alpha value is -3.52. The van der Waals surface area contributed by atoms with Crippen molar-refractivity contribution in [3.8, 4) is 5.75 Å². The Labute approximate surface area is 180 Å². The van der Waals surface area contributed by atoms with Gasteiger partial charge in [0.15, 0.2) is 12.4 Å². The van der Waals surface area contributed by atoms with Gasteiger partial charge in [-0.05, 0) is 35.9 Å². The molecule has 3 aromatic carbocycles. The molecule has 0 aromatic heterocycles. The number of hydrogen-bond donors (Lipinski definition) is 0. The molecule has 0 aliphatic rings. The number of ketones is 1. The van der Waals surface area contributed by atoms with E-state index in [9.17, 15) is 19.7 Å². The number of benzene rings is 3. The number of nitro groups is 1. The Bertz CT molecular complexity index is 1070. The molecule has 8 heteroatoms. The Morgan fingerprint density at radius 1 is 0.967 bits per heavy atom. The average Bonchev–Trinajstić information content (AvgIpc) is 2.77. The average molecular weight is 470 g/mol. The minimum absolute atomic E-state index is 0.127. The molecule has 0 saturated heterocycles. The Morgan fingerprint density at radius 2 is 1.67 bits per heavy atom. The SMILES string of the molecule is O=C(COC(=O)c1cc(Br)ccc1OCc1ccccc1)c1ccc([N+](=O)[O-])cc1. The molecular formula is C22H16BrNO6. The second kappa shape index (κ2) is 9.80. The zero-order valence-corrected chi connectivity index (χ0v) is 17.2.